The number of rotatable bonds is 4. The third-order valence-corrected chi connectivity index (χ3v) is 4.51. The van der Waals surface area contributed by atoms with Gasteiger partial charge in [0.2, 0.25) is 5.91 Å². The Hall–Kier alpha value is -1.91. The highest BCUT2D eigenvalue weighted by Crippen LogP contribution is 2.36. The maximum atomic E-state index is 13.4. The van der Waals surface area contributed by atoms with Gasteiger partial charge in [-0.3, -0.25) is 9.59 Å². The highest BCUT2D eigenvalue weighted by molar-refractivity contribution is 5.79. The van der Waals surface area contributed by atoms with E-state index in [1.165, 1.54) is 6.07 Å². The smallest absolute Gasteiger partial charge is 0.303 e. The van der Waals surface area contributed by atoms with E-state index in [0.29, 0.717) is 6.42 Å². The fraction of sp³-hybridized carbons (Fsp3) is 0.556. The number of amides is 1. The summed E-state index contributed by atoms with van der Waals surface area (Å²) in [6.07, 6.45) is 0.754. The number of carboxylic acid groups (broad SMARTS) is 1. The zero-order chi connectivity index (χ0) is 17.4. The highest BCUT2D eigenvalue weighted by Gasteiger charge is 2.35. The molecule has 2 unspecified atom stereocenters. The predicted molar refractivity (Wildman–Crippen MR) is 85.5 cm³/mol. The molecule has 1 amide bonds. The van der Waals surface area contributed by atoms with Crippen LogP contribution in [0.5, 0.6) is 0 Å². The number of benzene rings is 1. The third-order valence-electron chi connectivity index (χ3n) is 4.51. The summed E-state index contributed by atoms with van der Waals surface area (Å²) in [7, 11) is 0. The van der Waals surface area contributed by atoms with Crippen LogP contribution in [0.1, 0.15) is 57.7 Å². The Kier molecular flexibility index (Phi) is 4.78. The first-order valence-corrected chi connectivity index (χ1v) is 7.92. The number of carbonyl (C=O) groups excluding carboxylic acids is 1. The molecule has 2 atom stereocenters. The summed E-state index contributed by atoms with van der Waals surface area (Å²) in [5.41, 5.74) is 1.32. The average Bonchev–Trinajstić information content (AvgIpc) is 2.35. The van der Waals surface area contributed by atoms with E-state index in [9.17, 15) is 14.0 Å². The van der Waals surface area contributed by atoms with Gasteiger partial charge in [-0.15, -0.1) is 0 Å². The van der Waals surface area contributed by atoms with Crippen LogP contribution < -0.4 is 0 Å². The van der Waals surface area contributed by atoms with Gasteiger partial charge in [-0.05, 0) is 48.9 Å². The molecule has 0 aliphatic carbocycles. The number of fused-ring (bicyclic) bond motifs is 1. The summed E-state index contributed by atoms with van der Waals surface area (Å²) in [5, 5.41) is 8.97. The Bertz CT molecular complexity index is 627. The van der Waals surface area contributed by atoms with E-state index < -0.39 is 11.4 Å². The van der Waals surface area contributed by atoms with Gasteiger partial charge in [-0.25, -0.2) is 4.39 Å². The second-order valence-electron chi connectivity index (χ2n) is 7.28. The van der Waals surface area contributed by atoms with Gasteiger partial charge in [0.05, 0.1) is 12.5 Å². The quantitative estimate of drug-likeness (QED) is 0.922. The van der Waals surface area contributed by atoms with E-state index >= 15 is 0 Å². The molecule has 0 radical (unpaired) electrons. The molecule has 1 aromatic carbocycles. The monoisotopic (exact) mass is 321 g/mol. The van der Waals surface area contributed by atoms with E-state index in [0.717, 1.165) is 11.1 Å². The molecule has 1 aromatic rings. The Morgan fingerprint density at radius 1 is 1.30 bits per heavy atom. The van der Waals surface area contributed by atoms with Crippen LogP contribution in [0, 0.1) is 11.2 Å². The zero-order valence-corrected chi connectivity index (χ0v) is 14.1. The molecule has 1 N–H and O–H groups in total. The van der Waals surface area contributed by atoms with Crippen molar-refractivity contribution in [1.82, 2.24) is 4.90 Å². The Labute approximate surface area is 136 Å². The molecular formula is C18H24FNO3. The van der Waals surface area contributed by atoms with Crippen LogP contribution in [0.2, 0.25) is 0 Å². The van der Waals surface area contributed by atoms with Gasteiger partial charge in [0.15, 0.2) is 0 Å². The van der Waals surface area contributed by atoms with Crippen molar-refractivity contribution < 1.29 is 19.1 Å². The van der Waals surface area contributed by atoms with E-state index in [2.05, 4.69) is 0 Å². The minimum atomic E-state index is -0.900. The van der Waals surface area contributed by atoms with E-state index in [4.69, 9.17) is 5.11 Å². The Morgan fingerprint density at radius 2 is 1.96 bits per heavy atom. The highest BCUT2D eigenvalue weighted by atomic mass is 19.1. The first-order valence-electron chi connectivity index (χ1n) is 7.92. The van der Waals surface area contributed by atoms with Crippen LogP contribution in [0.3, 0.4) is 0 Å². The summed E-state index contributed by atoms with van der Waals surface area (Å²) < 4.78 is 13.4. The van der Waals surface area contributed by atoms with Crippen molar-refractivity contribution in [2.75, 3.05) is 0 Å². The molecule has 5 heteroatoms. The van der Waals surface area contributed by atoms with Crippen molar-refractivity contribution in [1.29, 1.82) is 0 Å². The molecule has 1 aliphatic rings. The number of aliphatic carboxylic acids is 1. The minimum absolute atomic E-state index is 0.0348. The molecule has 126 valence electrons. The second-order valence-corrected chi connectivity index (χ2v) is 7.28. The van der Waals surface area contributed by atoms with Crippen molar-refractivity contribution in [3.05, 3.63) is 35.1 Å². The van der Waals surface area contributed by atoms with Crippen LogP contribution >= 0.6 is 0 Å². The SMILES string of the molecule is CC1Cc2cc(F)ccc2C(C)N1C(=O)CC(C)(C)CC(=O)O. The minimum Gasteiger partial charge on any atom is -0.481 e. The first kappa shape index (κ1) is 17.4. The lowest BCUT2D eigenvalue weighted by Crippen LogP contribution is -2.46. The van der Waals surface area contributed by atoms with Crippen molar-refractivity contribution in [3.8, 4) is 0 Å². The number of hydrogen-bond donors (Lipinski definition) is 1. The van der Waals surface area contributed by atoms with Gasteiger partial charge in [0.25, 0.3) is 0 Å². The number of carboxylic acids is 1. The molecule has 0 bridgehead atoms. The van der Waals surface area contributed by atoms with Crippen LogP contribution in [-0.4, -0.2) is 27.9 Å². The van der Waals surface area contributed by atoms with E-state index in [1.807, 2.05) is 18.7 Å². The zero-order valence-electron chi connectivity index (χ0n) is 14.1. The predicted octanol–water partition coefficient (Wildman–Crippen LogP) is 3.55. The summed E-state index contributed by atoms with van der Waals surface area (Å²) >= 11 is 0. The van der Waals surface area contributed by atoms with Crippen molar-refractivity contribution in [3.63, 3.8) is 0 Å². The van der Waals surface area contributed by atoms with Crippen LogP contribution in [0.15, 0.2) is 18.2 Å². The number of nitrogens with zero attached hydrogens (tertiary/aromatic N) is 1. The molecule has 0 fully saturated rings. The summed E-state index contributed by atoms with van der Waals surface area (Å²) in [6.45, 7) is 7.48. The van der Waals surface area contributed by atoms with Crippen molar-refractivity contribution in [2.45, 2.75) is 59.0 Å². The second kappa shape index (κ2) is 6.30. The maximum absolute atomic E-state index is 13.4. The number of carbonyl (C=O) groups is 2. The lowest BCUT2D eigenvalue weighted by molar-refractivity contribution is -0.142. The normalized spacial score (nSPS) is 21.0. The average molecular weight is 321 g/mol. The van der Waals surface area contributed by atoms with Crippen LogP contribution in [-0.2, 0) is 16.0 Å². The fourth-order valence-electron chi connectivity index (χ4n) is 3.54. The van der Waals surface area contributed by atoms with Crippen molar-refractivity contribution >= 4 is 11.9 Å². The van der Waals surface area contributed by atoms with Crippen LogP contribution in [0.4, 0.5) is 4.39 Å². The lowest BCUT2D eigenvalue weighted by Gasteiger charge is -2.41. The molecule has 23 heavy (non-hydrogen) atoms. The lowest BCUT2D eigenvalue weighted by atomic mass is 9.83. The molecule has 1 heterocycles. The molecule has 0 aromatic heterocycles. The molecule has 0 saturated heterocycles. The first-order chi connectivity index (χ1) is 10.6. The maximum Gasteiger partial charge on any atom is 0.303 e. The molecular weight excluding hydrogens is 297 g/mol. The molecule has 4 nitrogen and oxygen atoms in total. The fourth-order valence-corrected chi connectivity index (χ4v) is 3.54. The van der Waals surface area contributed by atoms with Gasteiger partial charge in [0.1, 0.15) is 5.82 Å². The van der Waals surface area contributed by atoms with E-state index in [-0.39, 0.29) is 36.6 Å². The molecule has 2 rings (SSSR count). The van der Waals surface area contributed by atoms with Gasteiger partial charge >= 0.3 is 5.97 Å². The van der Waals surface area contributed by atoms with Gasteiger partial charge in [-0.2, -0.15) is 0 Å². The van der Waals surface area contributed by atoms with Crippen molar-refractivity contribution in [2.24, 2.45) is 5.41 Å². The summed E-state index contributed by atoms with van der Waals surface area (Å²) in [4.78, 5) is 25.5. The largest absolute Gasteiger partial charge is 0.481 e. The van der Waals surface area contributed by atoms with Gasteiger partial charge < -0.3 is 10.0 Å². The van der Waals surface area contributed by atoms with Crippen LogP contribution in [0.25, 0.3) is 0 Å². The molecule has 0 spiro atoms. The Morgan fingerprint density at radius 3 is 2.57 bits per heavy atom. The third kappa shape index (κ3) is 3.89. The molecule has 1 aliphatic heterocycles. The summed E-state index contributed by atoms with van der Waals surface area (Å²) in [6, 6.07) is 4.53. The molecule has 0 saturated carbocycles. The number of hydrogen-bond acceptors (Lipinski definition) is 2. The van der Waals surface area contributed by atoms with E-state index in [1.54, 1.807) is 26.0 Å². The summed E-state index contributed by atoms with van der Waals surface area (Å²) in [5.74, 6) is -1.21. The number of halogens is 1. The van der Waals surface area contributed by atoms with Gasteiger partial charge in [0, 0.05) is 12.5 Å². The van der Waals surface area contributed by atoms with Gasteiger partial charge in [-0.1, -0.05) is 19.9 Å². The topological polar surface area (TPSA) is 57.6 Å². The standard InChI is InChI=1S/C18H24FNO3/c1-11-7-13-8-14(19)5-6-15(13)12(2)20(11)16(21)9-18(3,4)10-17(22)23/h5-6,8,11-12H,7,9-10H2,1-4H3,(H,22,23). The Balaban J connectivity index is 2.21.